The molecule has 12 heteroatoms. The third-order valence-corrected chi connectivity index (χ3v) is 6.36. The van der Waals surface area contributed by atoms with Gasteiger partial charge in [0, 0.05) is 24.5 Å². The second kappa shape index (κ2) is 19.9. The maximum Gasteiger partial charge on any atom is 0.475 e. The summed E-state index contributed by atoms with van der Waals surface area (Å²) in [7, 11) is -1.77. The average Bonchev–Trinajstić information content (AvgIpc) is 2.82. The molecule has 2 amide bonds. The summed E-state index contributed by atoms with van der Waals surface area (Å²) in [5.41, 5.74) is 6.11. The Hall–Kier alpha value is -2.15. The number of rotatable bonds is 22. The van der Waals surface area contributed by atoms with E-state index >= 15 is 0 Å². The maximum absolute atomic E-state index is 13.3. The zero-order chi connectivity index (χ0) is 29.3. The lowest BCUT2D eigenvalue weighted by molar-refractivity contribution is -0.134. The van der Waals surface area contributed by atoms with Gasteiger partial charge >= 0.3 is 7.12 Å². The highest BCUT2D eigenvalue weighted by atomic mass is 16.4. The lowest BCUT2D eigenvalue weighted by atomic mass is 9.75. The predicted molar refractivity (Wildman–Crippen MR) is 147 cm³/mol. The van der Waals surface area contributed by atoms with E-state index in [4.69, 9.17) is 11.1 Å². The predicted octanol–water partition coefficient (Wildman–Crippen LogP) is 0.906. The van der Waals surface area contributed by atoms with Gasteiger partial charge in [-0.15, -0.1) is 0 Å². The van der Waals surface area contributed by atoms with Crippen molar-refractivity contribution in [1.29, 1.82) is 5.41 Å². The summed E-state index contributed by atoms with van der Waals surface area (Å²) in [6.07, 6.45) is 3.77. The van der Waals surface area contributed by atoms with E-state index in [2.05, 4.69) is 10.6 Å². The Morgan fingerprint density at radius 3 is 2.00 bits per heavy atom. The molecule has 0 rings (SSSR count). The van der Waals surface area contributed by atoms with Crippen LogP contribution >= 0.6 is 0 Å². The highest BCUT2D eigenvalue weighted by Crippen LogP contribution is 2.20. The van der Waals surface area contributed by atoms with E-state index in [9.17, 15) is 34.3 Å². The molecule has 0 heterocycles. The number of carbonyl (C=O) groups excluding carboxylic acids is 4. The average molecular weight is 541 g/mol. The standard InChI is InChI=1S/C26H49BN4O7/c1-17(2)13-20(25(35)31-24(27(37)38)11-6-5-9-18(3)29)15-23(34)22(10-7-8-12-28)30-26(36)21(16-32)14-19(4)33/h17,20-22,24,29,32,37-38H,5-16,28H2,1-4H3,(H,30,36)(H,31,35)/t20-,21+,22+,24+/m1/s1. The van der Waals surface area contributed by atoms with Crippen molar-refractivity contribution in [2.45, 2.75) is 104 Å². The number of ketones is 2. The van der Waals surface area contributed by atoms with Gasteiger partial charge in [0.1, 0.15) is 5.78 Å². The van der Waals surface area contributed by atoms with Crippen LogP contribution in [0.15, 0.2) is 0 Å². The quantitative estimate of drug-likeness (QED) is 0.0596. The van der Waals surface area contributed by atoms with E-state index in [1.54, 1.807) is 6.92 Å². The molecule has 0 unspecified atom stereocenters. The fraction of sp³-hybridized carbons (Fsp3) is 0.808. The summed E-state index contributed by atoms with van der Waals surface area (Å²) < 4.78 is 0. The molecule has 4 atom stereocenters. The monoisotopic (exact) mass is 540 g/mol. The molecule has 0 fully saturated rings. The summed E-state index contributed by atoms with van der Waals surface area (Å²) in [6, 6.07) is -0.902. The largest absolute Gasteiger partial charge is 0.475 e. The van der Waals surface area contributed by atoms with E-state index in [1.165, 1.54) is 6.92 Å². The first-order valence-corrected chi connectivity index (χ1v) is 13.7. The van der Waals surface area contributed by atoms with Crippen LogP contribution < -0.4 is 16.4 Å². The van der Waals surface area contributed by atoms with Crippen LogP contribution in [0, 0.1) is 23.2 Å². The molecule has 0 aliphatic carbocycles. The number of amides is 2. The number of hydrogen-bond donors (Lipinski definition) is 7. The molecule has 0 aromatic rings. The van der Waals surface area contributed by atoms with Crippen LogP contribution in [0.25, 0.3) is 0 Å². The van der Waals surface area contributed by atoms with Gasteiger partial charge in [0.15, 0.2) is 5.78 Å². The molecule has 11 nitrogen and oxygen atoms in total. The Morgan fingerprint density at radius 1 is 0.895 bits per heavy atom. The Bertz CT molecular complexity index is 764. The van der Waals surface area contributed by atoms with Crippen molar-refractivity contribution >= 4 is 36.2 Å². The minimum Gasteiger partial charge on any atom is -0.426 e. The first-order chi connectivity index (χ1) is 17.8. The number of hydrogen-bond acceptors (Lipinski definition) is 9. The van der Waals surface area contributed by atoms with Crippen molar-refractivity contribution in [1.82, 2.24) is 10.6 Å². The molecular formula is C26H49BN4O7. The summed E-state index contributed by atoms with van der Waals surface area (Å²) >= 11 is 0. The van der Waals surface area contributed by atoms with E-state index < -0.39 is 49.4 Å². The molecule has 0 spiro atoms. The van der Waals surface area contributed by atoms with Gasteiger partial charge in [-0.25, -0.2) is 0 Å². The molecule has 0 aliphatic heterocycles. The smallest absolute Gasteiger partial charge is 0.426 e. The molecule has 0 radical (unpaired) electrons. The second-order valence-corrected chi connectivity index (χ2v) is 10.7. The Balaban J connectivity index is 5.53. The number of nitrogens with one attached hydrogen (secondary N) is 3. The van der Waals surface area contributed by atoms with Gasteiger partial charge in [0.05, 0.1) is 24.5 Å². The highest BCUT2D eigenvalue weighted by molar-refractivity contribution is 6.43. The van der Waals surface area contributed by atoms with Gasteiger partial charge in [-0.05, 0) is 71.3 Å². The van der Waals surface area contributed by atoms with Crippen LogP contribution in [-0.2, 0) is 19.2 Å². The number of carbonyl (C=O) groups is 4. The van der Waals surface area contributed by atoms with Gasteiger partial charge in [-0.2, -0.15) is 0 Å². The minimum absolute atomic E-state index is 0.0752. The number of Topliss-reactive ketones (excluding diaryl/α,β-unsaturated/α-hetero) is 2. The molecule has 218 valence electrons. The summed E-state index contributed by atoms with van der Waals surface area (Å²) in [4.78, 5) is 50.6. The van der Waals surface area contributed by atoms with E-state index in [1.807, 2.05) is 13.8 Å². The number of aliphatic hydroxyl groups excluding tert-OH is 1. The van der Waals surface area contributed by atoms with Crippen molar-refractivity contribution in [3.05, 3.63) is 0 Å². The van der Waals surface area contributed by atoms with Gasteiger partial charge < -0.3 is 41.7 Å². The Labute approximate surface area is 227 Å². The fourth-order valence-electron chi connectivity index (χ4n) is 4.27. The van der Waals surface area contributed by atoms with Crippen molar-refractivity contribution in [3.8, 4) is 0 Å². The normalized spacial score (nSPS) is 14.3. The van der Waals surface area contributed by atoms with E-state index in [-0.39, 0.29) is 30.3 Å². The lowest BCUT2D eigenvalue weighted by Gasteiger charge is -2.25. The molecule has 0 aromatic heterocycles. The number of nitrogens with two attached hydrogens (primary N) is 1. The maximum atomic E-state index is 13.3. The van der Waals surface area contributed by atoms with Crippen LogP contribution in [0.1, 0.15) is 91.9 Å². The summed E-state index contributed by atoms with van der Waals surface area (Å²) in [5.74, 6) is -4.21. The van der Waals surface area contributed by atoms with Gasteiger partial charge in [-0.1, -0.05) is 20.3 Å². The third-order valence-electron chi connectivity index (χ3n) is 6.36. The number of unbranched alkanes of at least 4 members (excludes halogenated alkanes) is 2. The zero-order valence-electron chi connectivity index (χ0n) is 23.5. The molecule has 0 aliphatic rings. The van der Waals surface area contributed by atoms with Gasteiger partial charge in [0.25, 0.3) is 0 Å². The number of aliphatic hydroxyl groups is 1. The van der Waals surface area contributed by atoms with Crippen molar-refractivity contribution in [3.63, 3.8) is 0 Å². The highest BCUT2D eigenvalue weighted by Gasteiger charge is 2.32. The Morgan fingerprint density at radius 2 is 1.50 bits per heavy atom. The zero-order valence-corrected chi connectivity index (χ0v) is 23.5. The van der Waals surface area contributed by atoms with Crippen LogP contribution in [-0.4, -0.2) is 76.5 Å². The Kier molecular flexibility index (Phi) is 18.7. The van der Waals surface area contributed by atoms with Crippen LogP contribution in [0.2, 0.25) is 0 Å². The fourth-order valence-corrected chi connectivity index (χ4v) is 4.27. The van der Waals surface area contributed by atoms with Crippen LogP contribution in [0.5, 0.6) is 0 Å². The minimum atomic E-state index is -1.77. The van der Waals surface area contributed by atoms with Crippen molar-refractivity contribution in [2.75, 3.05) is 13.2 Å². The third kappa shape index (κ3) is 16.0. The van der Waals surface area contributed by atoms with E-state index in [0.717, 1.165) is 0 Å². The summed E-state index contributed by atoms with van der Waals surface area (Å²) in [6.45, 7) is 6.74. The molecular weight excluding hydrogens is 491 g/mol. The first-order valence-electron chi connectivity index (χ1n) is 13.7. The first kappa shape index (κ1) is 35.9. The van der Waals surface area contributed by atoms with Crippen molar-refractivity contribution in [2.24, 2.45) is 23.5 Å². The summed E-state index contributed by atoms with van der Waals surface area (Å²) in [5, 5.41) is 42.0. The molecule has 38 heavy (non-hydrogen) atoms. The van der Waals surface area contributed by atoms with Crippen LogP contribution in [0.3, 0.4) is 0 Å². The molecule has 0 saturated heterocycles. The lowest BCUT2D eigenvalue weighted by Crippen LogP contribution is -2.50. The van der Waals surface area contributed by atoms with E-state index in [0.29, 0.717) is 63.6 Å². The molecule has 8 N–H and O–H groups in total. The van der Waals surface area contributed by atoms with Gasteiger partial charge in [-0.3, -0.25) is 14.4 Å². The van der Waals surface area contributed by atoms with Gasteiger partial charge in [0.2, 0.25) is 11.8 Å². The SMILES string of the molecule is CC(=N)CCCC[C@H](NC(=O)[C@@H](CC(=O)[C@H](CCCCN)NC(=O)[C@H](CO)CC(C)=O)CC(C)C)B(O)O. The van der Waals surface area contributed by atoms with Crippen molar-refractivity contribution < 1.29 is 34.3 Å². The van der Waals surface area contributed by atoms with Crippen LogP contribution in [0.4, 0.5) is 0 Å². The second-order valence-electron chi connectivity index (χ2n) is 10.7. The molecule has 0 saturated carbocycles. The topological polar surface area (TPSA) is 203 Å². The molecule has 0 aromatic carbocycles. The molecule has 0 bridgehead atoms.